The van der Waals surface area contributed by atoms with Crippen LogP contribution in [0.3, 0.4) is 0 Å². The Bertz CT molecular complexity index is 565. The average Bonchev–Trinajstić information content (AvgIpc) is 2.37. The van der Waals surface area contributed by atoms with Gasteiger partial charge in [0.1, 0.15) is 11.8 Å². The number of carbonyl (C=O) groups is 1. The summed E-state index contributed by atoms with van der Waals surface area (Å²) in [7, 11) is 0. The lowest BCUT2D eigenvalue weighted by atomic mass is 9.98. The lowest BCUT2D eigenvalue weighted by Crippen LogP contribution is -2.19. The van der Waals surface area contributed by atoms with Gasteiger partial charge in [-0.1, -0.05) is 6.07 Å². The zero-order chi connectivity index (χ0) is 16.0. The molecule has 1 rings (SSSR count). The highest BCUT2D eigenvalue weighted by atomic mass is 19.4. The molecule has 2 N–H and O–H groups in total. The molecule has 1 aromatic rings. The Morgan fingerprint density at radius 3 is 2.57 bits per heavy atom. The zero-order valence-corrected chi connectivity index (χ0v) is 11.2. The molecule has 0 spiro atoms. The third kappa shape index (κ3) is 4.65. The summed E-state index contributed by atoms with van der Waals surface area (Å²) in [4.78, 5) is 11.5. The Balaban J connectivity index is 3.27. The Kier molecular flexibility index (Phi) is 5.55. The predicted octanol–water partition coefficient (Wildman–Crippen LogP) is 2.02. The van der Waals surface area contributed by atoms with Crippen molar-refractivity contribution in [1.29, 1.82) is 5.26 Å². The van der Waals surface area contributed by atoms with Gasteiger partial charge in [0.15, 0.2) is 0 Å². The molecule has 0 aromatic heterocycles. The van der Waals surface area contributed by atoms with E-state index in [1.165, 1.54) is 6.07 Å². The van der Waals surface area contributed by atoms with E-state index in [-0.39, 0.29) is 30.7 Å². The van der Waals surface area contributed by atoms with Crippen molar-refractivity contribution in [1.82, 2.24) is 0 Å². The Labute approximate surface area is 119 Å². The van der Waals surface area contributed by atoms with Crippen molar-refractivity contribution in [3.05, 3.63) is 28.8 Å². The molecule has 5 nitrogen and oxygen atoms in total. The first-order valence-electron chi connectivity index (χ1n) is 5.98. The minimum absolute atomic E-state index is 0.0320. The van der Waals surface area contributed by atoms with E-state index >= 15 is 0 Å². The second-order valence-corrected chi connectivity index (χ2v) is 3.92. The first-order chi connectivity index (χ1) is 9.82. The van der Waals surface area contributed by atoms with Gasteiger partial charge in [0, 0.05) is 6.54 Å². The lowest BCUT2D eigenvalue weighted by molar-refractivity contribution is -0.274. The molecular formula is C13H13F3N2O3. The Hall–Kier alpha value is -2.27. The SMILES string of the molecule is CCOC(=O)Cc1c(CN)ccc(OC(F)(F)F)c1C#N. The standard InChI is InChI=1S/C13H13F3N2O3/c1-2-20-12(19)5-9-8(6-17)3-4-11(10(9)7-18)21-13(14,15)16/h3-4H,2,5-6,17H2,1H3. The quantitative estimate of drug-likeness (QED) is 0.841. The van der Waals surface area contributed by atoms with Gasteiger partial charge in [-0.05, 0) is 24.1 Å². The molecule has 0 fully saturated rings. The van der Waals surface area contributed by atoms with Gasteiger partial charge in [-0.25, -0.2) is 0 Å². The van der Waals surface area contributed by atoms with E-state index in [1.54, 1.807) is 13.0 Å². The summed E-state index contributed by atoms with van der Waals surface area (Å²) in [6.07, 6.45) is -5.28. The van der Waals surface area contributed by atoms with Gasteiger partial charge in [-0.15, -0.1) is 13.2 Å². The fourth-order valence-electron chi connectivity index (χ4n) is 1.75. The first kappa shape index (κ1) is 16.8. The number of nitrogens with zero attached hydrogens (tertiary/aromatic N) is 1. The third-order valence-electron chi connectivity index (χ3n) is 2.56. The number of hydrogen-bond donors (Lipinski definition) is 1. The Morgan fingerprint density at radius 2 is 2.10 bits per heavy atom. The highest BCUT2D eigenvalue weighted by Crippen LogP contribution is 2.30. The van der Waals surface area contributed by atoms with E-state index in [1.807, 2.05) is 0 Å². The average molecular weight is 302 g/mol. The van der Waals surface area contributed by atoms with Gasteiger partial charge in [-0.2, -0.15) is 5.26 Å². The molecule has 0 aliphatic rings. The smallest absolute Gasteiger partial charge is 0.466 e. The highest BCUT2D eigenvalue weighted by molar-refractivity contribution is 5.75. The van der Waals surface area contributed by atoms with Crippen molar-refractivity contribution >= 4 is 5.97 Å². The van der Waals surface area contributed by atoms with E-state index in [0.717, 1.165) is 6.07 Å². The van der Waals surface area contributed by atoms with Crippen LogP contribution in [0.1, 0.15) is 23.6 Å². The highest BCUT2D eigenvalue weighted by Gasteiger charge is 2.33. The number of halogens is 3. The molecule has 114 valence electrons. The third-order valence-corrected chi connectivity index (χ3v) is 2.56. The van der Waals surface area contributed by atoms with E-state index in [2.05, 4.69) is 4.74 Å². The van der Waals surface area contributed by atoms with Gasteiger partial charge < -0.3 is 15.2 Å². The van der Waals surface area contributed by atoms with Crippen LogP contribution < -0.4 is 10.5 Å². The van der Waals surface area contributed by atoms with E-state index in [0.29, 0.717) is 5.56 Å². The second-order valence-electron chi connectivity index (χ2n) is 3.92. The molecule has 0 bridgehead atoms. The van der Waals surface area contributed by atoms with Gasteiger partial charge >= 0.3 is 12.3 Å². The topological polar surface area (TPSA) is 85.3 Å². The normalized spacial score (nSPS) is 10.9. The molecule has 0 aliphatic heterocycles. The molecule has 0 unspecified atom stereocenters. The van der Waals surface area contributed by atoms with Crippen molar-refractivity contribution in [2.45, 2.75) is 26.3 Å². The van der Waals surface area contributed by atoms with Crippen LogP contribution in [0.4, 0.5) is 13.2 Å². The second kappa shape index (κ2) is 6.95. The largest absolute Gasteiger partial charge is 0.573 e. The van der Waals surface area contributed by atoms with Crippen molar-refractivity contribution in [2.75, 3.05) is 6.61 Å². The zero-order valence-electron chi connectivity index (χ0n) is 11.2. The summed E-state index contributed by atoms with van der Waals surface area (Å²) < 4.78 is 45.4. The minimum atomic E-state index is -4.93. The molecule has 8 heteroatoms. The lowest BCUT2D eigenvalue weighted by Gasteiger charge is -2.15. The van der Waals surface area contributed by atoms with Crippen LogP contribution in [0.2, 0.25) is 0 Å². The molecule has 21 heavy (non-hydrogen) atoms. The molecular weight excluding hydrogens is 289 g/mol. The first-order valence-corrected chi connectivity index (χ1v) is 5.98. The number of nitriles is 1. The van der Waals surface area contributed by atoms with E-state index in [4.69, 9.17) is 15.7 Å². The summed E-state index contributed by atoms with van der Waals surface area (Å²) in [5.74, 6) is -1.32. The summed E-state index contributed by atoms with van der Waals surface area (Å²) in [5, 5.41) is 9.07. The fraction of sp³-hybridized carbons (Fsp3) is 0.385. The van der Waals surface area contributed by atoms with Crippen molar-refractivity contribution in [3.8, 4) is 11.8 Å². The summed E-state index contributed by atoms with van der Waals surface area (Å²) >= 11 is 0. The number of benzene rings is 1. The fourth-order valence-corrected chi connectivity index (χ4v) is 1.75. The number of nitrogens with two attached hydrogens (primary N) is 1. The van der Waals surface area contributed by atoms with Crippen LogP contribution in [0, 0.1) is 11.3 Å². The molecule has 0 radical (unpaired) electrons. The van der Waals surface area contributed by atoms with Crippen LogP contribution in [0.5, 0.6) is 5.75 Å². The van der Waals surface area contributed by atoms with Gasteiger partial charge in [0.2, 0.25) is 0 Å². The van der Waals surface area contributed by atoms with Crippen molar-refractivity contribution in [3.63, 3.8) is 0 Å². The number of rotatable bonds is 5. The number of carbonyl (C=O) groups excluding carboxylic acids is 1. The molecule has 0 saturated carbocycles. The maximum absolute atomic E-state index is 12.3. The summed E-state index contributed by atoms with van der Waals surface area (Å²) in [6.45, 7) is 1.68. The number of hydrogen-bond acceptors (Lipinski definition) is 5. The maximum Gasteiger partial charge on any atom is 0.573 e. The predicted molar refractivity (Wildman–Crippen MR) is 66.1 cm³/mol. The molecule has 0 amide bonds. The van der Waals surface area contributed by atoms with Crippen molar-refractivity contribution < 1.29 is 27.4 Å². The van der Waals surface area contributed by atoms with Gasteiger partial charge in [0.05, 0.1) is 18.6 Å². The molecule has 0 atom stereocenters. The van der Waals surface area contributed by atoms with E-state index in [9.17, 15) is 18.0 Å². The van der Waals surface area contributed by atoms with Crippen molar-refractivity contribution in [2.24, 2.45) is 5.73 Å². The molecule has 0 heterocycles. The van der Waals surface area contributed by atoms with Crippen LogP contribution >= 0.6 is 0 Å². The number of alkyl halides is 3. The monoisotopic (exact) mass is 302 g/mol. The summed E-state index contributed by atoms with van der Waals surface area (Å²) in [6, 6.07) is 3.91. The summed E-state index contributed by atoms with van der Waals surface area (Å²) in [5.41, 5.74) is 5.57. The molecule has 1 aromatic carbocycles. The van der Waals surface area contributed by atoms with E-state index < -0.39 is 18.1 Å². The van der Waals surface area contributed by atoms with Gasteiger partial charge in [0.25, 0.3) is 0 Å². The number of ether oxygens (including phenoxy) is 2. The minimum Gasteiger partial charge on any atom is -0.466 e. The maximum atomic E-state index is 12.3. The van der Waals surface area contributed by atoms with Crippen LogP contribution in [0.15, 0.2) is 12.1 Å². The number of esters is 1. The van der Waals surface area contributed by atoms with Gasteiger partial charge in [-0.3, -0.25) is 4.79 Å². The van der Waals surface area contributed by atoms with Crippen LogP contribution in [-0.2, 0) is 22.5 Å². The van der Waals surface area contributed by atoms with Crippen LogP contribution in [-0.4, -0.2) is 18.9 Å². The Morgan fingerprint density at radius 1 is 1.43 bits per heavy atom. The van der Waals surface area contributed by atoms with Crippen LogP contribution in [0.25, 0.3) is 0 Å². The molecule has 0 aliphatic carbocycles. The molecule has 0 saturated heterocycles.